The van der Waals surface area contributed by atoms with Crippen LogP contribution in [0.25, 0.3) is 11.4 Å². The lowest BCUT2D eigenvalue weighted by Gasteiger charge is -1.95. The fraction of sp³-hybridized carbons (Fsp3) is 0.333. The Hall–Kier alpha value is -0.780. The standard InChI is InChI=1S/C9H10N2OS2/c1-5(12)9-11-8(4-14-9)7-3-13-6(2)10-7/h3-5,12H,1-2H3. The molecular weight excluding hydrogens is 216 g/mol. The molecule has 5 heteroatoms. The van der Waals surface area contributed by atoms with Crippen molar-refractivity contribution in [2.45, 2.75) is 20.0 Å². The van der Waals surface area contributed by atoms with Crippen molar-refractivity contribution < 1.29 is 5.11 Å². The van der Waals surface area contributed by atoms with Crippen LogP contribution in [-0.2, 0) is 0 Å². The first-order valence-corrected chi connectivity index (χ1v) is 5.98. The zero-order chi connectivity index (χ0) is 10.1. The summed E-state index contributed by atoms with van der Waals surface area (Å²) in [5, 5.41) is 15.0. The zero-order valence-electron chi connectivity index (χ0n) is 7.89. The van der Waals surface area contributed by atoms with Gasteiger partial charge in [0.2, 0.25) is 0 Å². The fourth-order valence-corrected chi connectivity index (χ4v) is 2.44. The van der Waals surface area contributed by atoms with E-state index >= 15 is 0 Å². The quantitative estimate of drug-likeness (QED) is 0.856. The van der Waals surface area contributed by atoms with Gasteiger partial charge in [-0.2, -0.15) is 0 Å². The van der Waals surface area contributed by atoms with Crippen LogP contribution in [0.3, 0.4) is 0 Å². The minimum absolute atomic E-state index is 0.492. The van der Waals surface area contributed by atoms with Gasteiger partial charge in [0.1, 0.15) is 22.5 Å². The monoisotopic (exact) mass is 226 g/mol. The van der Waals surface area contributed by atoms with Crippen LogP contribution in [0.15, 0.2) is 10.8 Å². The maximum Gasteiger partial charge on any atom is 0.122 e. The predicted octanol–water partition coefficient (Wildman–Crippen LogP) is 2.63. The van der Waals surface area contributed by atoms with E-state index in [1.165, 1.54) is 11.3 Å². The minimum Gasteiger partial charge on any atom is -0.386 e. The molecule has 1 N–H and O–H groups in total. The molecule has 0 bridgehead atoms. The van der Waals surface area contributed by atoms with E-state index in [1.807, 2.05) is 17.7 Å². The molecule has 0 aliphatic rings. The number of aliphatic hydroxyl groups is 1. The van der Waals surface area contributed by atoms with Gasteiger partial charge in [-0.05, 0) is 13.8 Å². The molecule has 0 fully saturated rings. The smallest absolute Gasteiger partial charge is 0.122 e. The lowest BCUT2D eigenvalue weighted by molar-refractivity contribution is 0.199. The van der Waals surface area contributed by atoms with E-state index in [2.05, 4.69) is 9.97 Å². The third-order valence-corrected chi connectivity index (χ3v) is 3.55. The predicted molar refractivity (Wildman–Crippen MR) is 58.6 cm³/mol. The summed E-state index contributed by atoms with van der Waals surface area (Å²) in [4.78, 5) is 8.64. The molecule has 14 heavy (non-hydrogen) atoms. The molecule has 74 valence electrons. The van der Waals surface area contributed by atoms with Crippen molar-refractivity contribution in [3.05, 3.63) is 20.8 Å². The van der Waals surface area contributed by atoms with Crippen molar-refractivity contribution in [2.75, 3.05) is 0 Å². The molecule has 0 aromatic carbocycles. The van der Waals surface area contributed by atoms with E-state index in [0.29, 0.717) is 0 Å². The molecule has 2 rings (SSSR count). The highest BCUT2D eigenvalue weighted by Crippen LogP contribution is 2.25. The molecule has 0 saturated heterocycles. The summed E-state index contributed by atoms with van der Waals surface area (Å²) < 4.78 is 0. The molecular formula is C9H10N2OS2. The Morgan fingerprint density at radius 3 is 2.36 bits per heavy atom. The van der Waals surface area contributed by atoms with Gasteiger partial charge in [0, 0.05) is 10.8 Å². The first-order valence-electron chi connectivity index (χ1n) is 4.23. The molecule has 1 unspecified atom stereocenters. The van der Waals surface area contributed by atoms with Gasteiger partial charge in [0.05, 0.1) is 5.01 Å². The number of aromatic nitrogens is 2. The SMILES string of the molecule is Cc1nc(-c2csc(C(C)O)n2)cs1. The fourth-order valence-electron chi connectivity index (χ4n) is 1.08. The molecule has 0 aliphatic carbocycles. The Balaban J connectivity index is 2.33. The maximum absolute atomic E-state index is 9.32. The van der Waals surface area contributed by atoms with Crippen LogP contribution in [0.2, 0.25) is 0 Å². The second-order valence-corrected chi connectivity index (χ2v) is 4.95. The molecule has 0 aliphatic heterocycles. The summed E-state index contributed by atoms with van der Waals surface area (Å²) in [5.41, 5.74) is 1.76. The van der Waals surface area contributed by atoms with E-state index in [4.69, 9.17) is 0 Å². The Bertz CT molecular complexity index is 433. The molecule has 0 spiro atoms. The second kappa shape index (κ2) is 3.76. The third-order valence-electron chi connectivity index (χ3n) is 1.76. The Labute approximate surface area is 90.1 Å². The Morgan fingerprint density at radius 1 is 1.21 bits per heavy atom. The number of hydrogen-bond acceptors (Lipinski definition) is 5. The molecule has 2 heterocycles. The van der Waals surface area contributed by atoms with Crippen LogP contribution >= 0.6 is 22.7 Å². The first kappa shape index (κ1) is 9.76. The van der Waals surface area contributed by atoms with Gasteiger partial charge >= 0.3 is 0 Å². The highest BCUT2D eigenvalue weighted by Gasteiger charge is 2.10. The third kappa shape index (κ3) is 1.84. The maximum atomic E-state index is 9.32. The van der Waals surface area contributed by atoms with Crippen molar-refractivity contribution in [1.82, 2.24) is 9.97 Å². The van der Waals surface area contributed by atoms with Crippen LogP contribution in [0.5, 0.6) is 0 Å². The number of aryl methyl sites for hydroxylation is 1. The van der Waals surface area contributed by atoms with Crippen molar-refractivity contribution in [3.63, 3.8) is 0 Å². The second-order valence-electron chi connectivity index (χ2n) is 3.00. The summed E-state index contributed by atoms with van der Waals surface area (Å²) in [7, 11) is 0. The lowest BCUT2D eigenvalue weighted by atomic mass is 10.4. The van der Waals surface area contributed by atoms with Crippen molar-refractivity contribution >= 4 is 22.7 Å². The van der Waals surface area contributed by atoms with Crippen LogP contribution < -0.4 is 0 Å². The van der Waals surface area contributed by atoms with Crippen LogP contribution in [0.4, 0.5) is 0 Å². The van der Waals surface area contributed by atoms with E-state index in [9.17, 15) is 5.11 Å². The summed E-state index contributed by atoms with van der Waals surface area (Å²) >= 11 is 3.07. The number of aliphatic hydroxyl groups excluding tert-OH is 1. The average molecular weight is 226 g/mol. The Morgan fingerprint density at radius 2 is 1.86 bits per heavy atom. The normalized spacial score (nSPS) is 13.1. The van der Waals surface area contributed by atoms with E-state index in [-0.39, 0.29) is 0 Å². The molecule has 2 aromatic rings. The van der Waals surface area contributed by atoms with Gasteiger partial charge in [-0.25, -0.2) is 9.97 Å². The summed E-state index contributed by atoms with van der Waals surface area (Å²) in [6.07, 6.45) is -0.492. The highest BCUT2D eigenvalue weighted by molar-refractivity contribution is 7.10. The van der Waals surface area contributed by atoms with Gasteiger partial charge in [0.25, 0.3) is 0 Å². The number of thiazole rings is 2. The number of rotatable bonds is 2. The first-order chi connectivity index (χ1) is 6.66. The van der Waals surface area contributed by atoms with Gasteiger partial charge in [0.15, 0.2) is 0 Å². The van der Waals surface area contributed by atoms with Gasteiger partial charge in [-0.1, -0.05) is 0 Å². The van der Waals surface area contributed by atoms with E-state index in [0.717, 1.165) is 21.4 Å². The van der Waals surface area contributed by atoms with Crippen molar-refractivity contribution in [2.24, 2.45) is 0 Å². The van der Waals surface area contributed by atoms with Gasteiger partial charge < -0.3 is 5.11 Å². The number of hydrogen-bond donors (Lipinski definition) is 1. The van der Waals surface area contributed by atoms with Crippen molar-refractivity contribution in [3.8, 4) is 11.4 Å². The zero-order valence-corrected chi connectivity index (χ0v) is 9.52. The van der Waals surface area contributed by atoms with E-state index in [1.54, 1.807) is 18.3 Å². The Kier molecular flexibility index (Phi) is 2.62. The van der Waals surface area contributed by atoms with Gasteiger partial charge in [-0.3, -0.25) is 0 Å². The molecule has 0 saturated carbocycles. The summed E-state index contributed by atoms with van der Waals surface area (Å²) in [6.45, 7) is 3.69. The molecule has 2 aromatic heterocycles. The topological polar surface area (TPSA) is 46.0 Å². The van der Waals surface area contributed by atoms with E-state index < -0.39 is 6.10 Å². The molecule has 1 atom stereocenters. The largest absolute Gasteiger partial charge is 0.386 e. The molecule has 3 nitrogen and oxygen atoms in total. The lowest BCUT2D eigenvalue weighted by Crippen LogP contribution is -1.89. The highest BCUT2D eigenvalue weighted by atomic mass is 32.1. The van der Waals surface area contributed by atoms with Crippen LogP contribution in [0, 0.1) is 6.92 Å². The summed E-state index contributed by atoms with van der Waals surface area (Å²) in [6, 6.07) is 0. The average Bonchev–Trinajstić information content (AvgIpc) is 2.70. The number of nitrogens with zero attached hydrogens (tertiary/aromatic N) is 2. The minimum atomic E-state index is -0.492. The van der Waals surface area contributed by atoms with Gasteiger partial charge in [-0.15, -0.1) is 22.7 Å². The van der Waals surface area contributed by atoms with Crippen LogP contribution in [0.1, 0.15) is 23.0 Å². The molecule has 0 radical (unpaired) electrons. The van der Waals surface area contributed by atoms with Crippen LogP contribution in [-0.4, -0.2) is 15.1 Å². The van der Waals surface area contributed by atoms with Crippen molar-refractivity contribution in [1.29, 1.82) is 0 Å². The summed E-state index contributed by atoms with van der Waals surface area (Å²) in [5.74, 6) is 0. The molecule has 0 amide bonds.